The van der Waals surface area contributed by atoms with Crippen LogP contribution in [0.5, 0.6) is 0 Å². The minimum Gasteiger partial charge on any atom is -0.379 e. The molecule has 0 bridgehead atoms. The highest BCUT2D eigenvalue weighted by Gasteiger charge is 2.35. The molecule has 128 valence electrons. The SMILES string of the molecule is CO[C@H]1CN(C(C)=O)C[C@@H]1CC(=O)NCCCn1ccnc1C. The maximum Gasteiger partial charge on any atom is 0.220 e. The Morgan fingerprint density at radius 2 is 2.22 bits per heavy atom. The Morgan fingerprint density at radius 1 is 1.43 bits per heavy atom. The van der Waals surface area contributed by atoms with Gasteiger partial charge in [0.1, 0.15) is 5.82 Å². The lowest BCUT2D eigenvalue weighted by Crippen LogP contribution is -2.31. The molecule has 1 N–H and O–H groups in total. The summed E-state index contributed by atoms with van der Waals surface area (Å²) in [6.45, 7) is 6.16. The molecule has 1 saturated heterocycles. The van der Waals surface area contributed by atoms with Crippen LogP contribution in [0.1, 0.15) is 25.6 Å². The maximum absolute atomic E-state index is 12.1. The Labute approximate surface area is 137 Å². The van der Waals surface area contributed by atoms with Crippen molar-refractivity contribution in [3.8, 4) is 0 Å². The summed E-state index contributed by atoms with van der Waals surface area (Å²) in [5.41, 5.74) is 0. The molecule has 1 fully saturated rings. The molecule has 0 unspecified atom stereocenters. The van der Waals surface area contributed by atoms with E-state index in [1.807, 2.05) is 13.1 Å². The van der Waals surface area contributed by atoms with Gasteiger partial charge in [-0.25, -0.2) is 4.98 Å². The van der Waals surface area contributed by atoms with Crippen LogP contribution in [-0.4, -0.2) is 59.1 Å². The Hall–Kier alpha value is -1.89. The Balaban J connectivity index is 1.70. The summed E-state index contributed by atoms with van der Waals surface area (Å²) in [6, 6.07) is 0. The number of aryl methyl sites for hydroxylation is 2. The van der Waals surface area contributed by atoms with Gasteiger partial charge in [-0.05, 0) is 13.3 Å². The van der Waals surface area contributed by atoms with Gasteiger partial charge in [0.2, 0.25) is 11.8 Å². The maximum atomic E-state index is 12.1. The molecule has 0 radical (unpaired) electrons. The number of imidazole rings is 1. The van der Waals surface area contributed by atoms with Gasteiger partial charge >= 0.3 is 0 Å². The number of carbonyl (C=O) groups excluding carboxylic acids is 2. The molecule has 0 aromatic carbocycles. The third kappa shape index (κ3) is 4.79. The molecule has 1 aromatic heterocycles. The van der Waals surface area contributed by atoms with E-state index in [2.05, 4.69) is 14.9 Å². The second-order valence-electron chi connectivity index (χ2n) is 6.03. The highest BCUT2D eigenvalue weighted by atomic mass is 16.5. The zero-order chi connectivity index (χ0) is 16.8. The molecule has 2 atom stereocenters. The Morgan fingerprint density at radius 3 is 2.83 bits per heavy atom. The van der Waals surface area contributed by atoms with Crippen LogP contribution in [0.3, 0.4) is 0 Å². The van der Waals surface area contributed by atoms with E-state index < -0.39 is 0 Å². The first-order chi connectivity index (χ1) is 11.0. The lowest BCUT2D eigenvalue weighted by Gasteiger charge is -2.16. The number of nitrogens with one attached hydrogen (secondary N) is 1. The van der Waals surface area contributed by atoms with Crippen molar-refractivity contribution in [3.05, 3.63) is 18.2 Å². The zero-order valence-electron chi connectivity index (χ0n) is 14.1. The van der Waals surface area contributed by atoms with Crippen LogP contribution in [0, 0.1) is 12.8 Å². The van der Waals surface area contributed by atoms with Gasteiger partial charge in [-0.2, -0.15) is 0 Å². The van der Waals surface area contributed by atoms with Crippen molar-refractivity contribution >= 4 is 11.8 Å². The number of ether oxygens (including phenoxy) is 1. The van der Waals surface area contributed by atoms with Gasteiger partial charge in [0.15, 0.2) is 0 Å². The summed E-state index contributed by atoms with van der Waals surface area (Å²) in [4.78, 5) is 29.4. The van der Waals surface area contributed by atoms with Crippen molar-refractivity contribution in [1.82, 2.24) is 19.8 Å². The van der Waals surface area contributed by atoms with Gasteiger partial charge in [-0.15, -0.1) is 0 Å². The molecule has 0 saturated carbocycles. The van der Waals surface area contributed by atoms with Crippen LogP contribution in [0.4, 0.5) is 0 Å². The van der Waals surface area contributed by atoms with Gasteiger partial charge in [-0.3, -0.25) is 9.59 Å². The van der Waals surface area contributed by atoms with Gasteiger partial charge in [0.25, 0.3) is 0 Å². The van der Waals surface area contributed by atoms with E-state index in [9.17, 15) is 9.59 Å². The molecule has 2 rings (SSSR count). The number of amides is 2. The monoisotopic (exact) mass is 322 g/mol. The molecular formula is C16H26N4O3. The average molecular weight is 322 g/mol. The molecule has 1 aromatic rings. The van der Waals surface area contributed by atoms with Gasteiger partial charge in [0.05, 0.1) is 6.10 Å². The third-order valence-corrected chi connectivity index (χ3v) is 4.40. The van der Waals surface area contributed by atoms with Crippen LogP contribution < -0.4 is 5.32 Å². The smallest absolute Gasteiger partial charge is 0.220 e. The molecular weight excluding hydrogens is 296 g/mol. The molecule has 1 aliphatic heterocycles. The number of methoxy groups -OCH3 is 1. The quantitative estimate of drug-likeness (QED) is 0.745. The molecule has 2 amide bonds. The van der Waals surface area contributed by atoms with Gasteiger partial charge in [0, 0.05) is 64.9 Å². The van der Waals surface area contributed by atoms with E-state index in [-0.39, 0.29) is 23.8 Å². The number of rotatable bonds is 7. The lowest BCUT2D eigenvalue weighted by atomic mass is 10.0. The first kappa shape index (κ1) is 17.5. The van der Waals surface area contributed by atoms with E-state index in [0.717, 1.165) is 18.8 Å². The van der Waals surface area contributed by atoms with E-state index in [1.165, 1.54) is 0 Å². The van der Waals surface area contributed by atoms with Crippen molar-refractivity contribution in [2.45, 2.75) is 39.3 Å². The van der Waals surface area contributed by atoms with Crippen molar-refractivity contribution in [2.75, 3.05) is 26.7 Å². The lowest BCUT2D eigenvalue weighted by molar-refractivity contribution is -0.128. The summed E-state index contributed by atoms with van der Waals surface area (Å²) in [5, 5.41) is 2.95. The minimum absolute atomic E-state index is 0.0183. The summed E-state index contributed by atoms with van der Waals surface area (Å²) in [6.07, 6.45) is 4.92. The van der Waals surface area contributed by atoms with Gasteiger partial charge in [-0.1, -0.05) is 0 Å². The normalized spacial score (nSPS) is 20.7. The fourth-order valence-corrected chi connectivity index (χ4v) is 2.99. The highest BCUT2D eigenvalue weighted by Crippen LogP contribution is 2.22. The van der Waals surface area contributed by atoms with Crippen LogP contribution in [0.2, 0.25) is 0 Å². The predicted molar refractivity (Wildman–Crippen MR) is 85.7 cm³/mol. The molecule has 2 heterocycles. The molecule has 0 spiro atoms. The van der Waals surface area contributed by atoms with Crippen molar-refractivity contribution in [2.24, 2.45) is 5.92 Å². The van der Waals surface area contributed by atoms with Crippen LogP contribution >= 0.6 is 0 Å². The Bertz CT molecular complexity index is 543. The van der Waals surface area contributed by atoms with E-state index in [0.29, 0.717) is 26.1 Å². The number of hydrogen-bond acceptors (Lipinski definition) is 4. The molecule has 7 nitrogen and oxygen atoms in total. The fourth-order valence-electron chi connectivity index (χ4n) is 2.99. The summed E-state index contributed by atoms with van der Waals surface area (Å²) in [5.74, 6) is 1.10. The van der Waals surface area contributed by atoms with Crippen LogP contribution in [0.15, 0.2) is 12.4 Å². The summed E-state index contributed by atoms with van der Waals surface area (Å²) in [7, 11) is 1.63. The standard InChI is InChI=1S/C16H26N4O3/c1-12-17-6-8-19(12)7-4-5-18-16(22)9-14-10-20(13(2)21)11-15(14)23-3/h6,8,14-15H,4-5,7,9-11H2,1-3H3,(H,18,22)/t14-,15-/m0/s1. The van der Waals surface area contributed by atoms with Crippen molar-refractivity contribution in [3.63, 3.8) is 0 Å². The average Bonchev–Trinajstić information content (AvgIpc) is 3.10. The number of hydrogen-bond donors (Lipinski definition) is 1. The van der Waals surface area contributed by atoms with Crippen molar-refractivity contribution in [1.29, 1.82) is 0 Å². The van der Waals surface area contributed by atoms with E-state index in [4.69, 9.17) is 4.74 Å². The van der Waals surface area contributed by atoms with Gasteiger partial charge < -0.3 is 19.5 Å². The van der Waals surface area contributed by atoms with Crippen molar-refractivity contribution < 1.29 is 14.3 Å². The first-order valence-electron chi connectivity index (χ1n) is 8.04. The topological polar surface area (TPSA) is 76.5 Å². The molecule has 7 heteroatoms. The van der Waals surface area contributed by atoms with E-state index >= 15 is 0 Å². The Kier molecular flexibility index (Phi) is 6.15. The molecule has 0 aliphatic carbocycles. The predicted octanol–water partition coefficient (Wildman–Crippen LogP) is 0.581. The molecule has 23 heavy (non-hydrogen) atoms. The largest absolute Gasteiger partial charge is 0.379 e. The number of nitrogens with zero attached hydrogens (tertiary/aromatic N) is 3. The fraction of sp³-hybridized carbons (Fsp3) is 0.688. The summed E-state index contributed by atoms with van der Waals surface area (Å²) >= 11 is 0. The second kappa shape index (κ2) is 8.10. The third-order valence-electron chi connectivity index (χ3n) is 4.40. The molecule has 1 aliphatic rings. The van der Waals surface area contributed by atoms with E-state index in [1.54, 1.807) is 25.1 Å². The van der Waals surface area contributed by atoms with Crippen LogP contribution in [0.25, 0.3) is 0 Å². The summed E-state index contributed by atoms with van der Waals surface area (Å²) < 4.78 is 7.47. The number of aromatic nitrogens is 2. The first-order valence-corrected chi connectivity index (χ1v) is 8.04. The zero-order valence-corrected chi connectivity index (χ0v) is 14.1. The second-order valence-corrected chi connectivity index (χ2v) is 6.03. The number of carbonyl (C=O) groups is 2. The number of likely N-dealkylation sites (tertiary alicyclic amines) is 1. The van der Waals surface area contributed by atoms with Crippen LogP contribution in [-0.2, 0) is 20.9 Å². The minimum atomic E-state index is -0.0572. The highest BCUT2D eigenvalue weighted by molar-refractivity contribution is 5.77.